The van der Waals surface area contributed by atoms with Crippen LogP contribution in [-0.4, -0.2) is 48.9 Å². The number of fused-ring (bicyclic) bond motifs is 3. The van der Waals surface area contributed by atoms with Crippen molar-refractivity contribution in [3.63, 3.8) is 0 Å². The molecule has 30 heavy (non-hydrogen) atoms. The smallest absolute Gasteiger partial charge is 0.342 e. The SMILES string of the molecule is CC1(C)O[C@H]2[C@@H](O1)[C@@H](CO[P+]([O])(ON)OCc1ccccc1)O[C@@H]1OC(C)(C)O[C@@H]12. The van der Waals surface area contributed by atoms with Crippen molar-refractivity contribution in [1.82, 2.24) is 0 Å². The van der Waals surface area contributed by atoms with Crippen LogP contribution in [-0.2, 0) is 48.9 Å². The molecule has 0 bridgehead atoms. The minimum atomic E-state index is -4.02. The molecule has 1 aromatic carbocycles. The Balaban J connectivity index is 1.42. The molecule has 167 valence electrons. The Kier molecular flexibility index (Phi) is 6.22. The van der Waals surface area contributed by atoms with Gasteiger partial charge in [-0.25, -0.2) is 0 Å². The van der Waals surface area contributed by atoms with Gasteiger partial charge in [0.25, 0.3) is 0 Å². The first-order valence-corrected chi connectivity index (χ1v) is 11.2. The first-order chi connectivity index (χ1) is 14.1. The molecule has 0 aromatic heterocycles. The van der Waals surface area contributed by atoms with Crippen molar-refractivity contribution in [2.45, 2.75) is 76.6 Å². The first-order valence-electron chi connectivity index (χ1n) is 9.78. The van der Waals surface area contributed by atoms with E-state index in [1.165, 1.54) is 0 Å². The van der Waals surface area contributed by atoms with E-state index in [0.29, 0.717) is 0 Å². The Bertz CT molecular complexity index is 736. The lowest BCUT2D eigenvalue weighted by atomic mass is 9.99. The number of hydrogen-bond acceptors (Lipinski definition) is 9. The van der Waals surface area contributed by atoms with E-state index in [9.17, 15) is 4.89 Å². The number of rotatable bonds is 7. The fourth-order valence-corrected chi connectivity index (χ4v) is 4.65. The summed E-state index contributed by atoms with van der Waals surface area (Å²) >= 11 is 0. The zero-order valence-electron chi connectivity index (χ0n) is 17.4. The summed E-state index contributed by atoms with van der Waals surface area (Å²) < 4.78 is 45.1. The molecular weight excluding hydrogens is 417 g/mol. The van der Waals surface area contributed by atoms with Crippen molar-refractivity contribution in [3.05, 3.63) is 35.9 Å². The third-order valence-corrected chi connectivity index (χ3v) is 6.18. The summed E-state index contributed by atoms with van der Waals surface area (Å²) in [6.45, 7) is 7.03. The number of nitrogens with two attached hydrogens (primary N) is 1. The van der Waals surface area contributed by atoms with Crippen molar-refractivity contribution in [3.8, 4) is 0 Å². The largest absolute Gasteiger partial charge is 0.629 e. The van der Waals surface area contributed by atoms with Crippen LogP contribution in [0, 0.1) is 0 Å². The van der Waals surface area contributed by atoms with Gasteiger partial charge < -0.3 is 23.7 Å². The molecular formula is C19H28NO9P+. The normalized spacial score (nSPS) is 36.1. The highest BCUT2D eigenvalue weighted by molar-refractivity contribution is 7.55. The van der Waals surface area contributed by atoms with Crippen LogP contribution in [0.25, 0.3) is 0 Å². The Hall–Kier alpha value is -0.750. The standard InChI is InChI=1S/C19H28NO9P/c1-18(2)25-14-13(24-17-16(15(14)26-18)27-19(3,4)28-17)11-23-30(21,29-20)22-10-12-8-6-5-7-9-12/h5-9,13-17H,10-11,20H2,1-4H3/q+1/t13-,14+,15+,16-,17-,30?/m1/s1. The maximum absolute atomic E-state index is 12.8. The minimum Gasteiger partial charge on any atom is -0.342 e. The zero-order chi connectivity index (χ0) is 21.6. The number of benzene rings is 1. The fourth-order valence-electron chi connectivity index (χ4n) is 3.82. The molecule has 3 heterocycles. The van der Waals surface area contributed by atoms with E-state index in [0.717, 1.165) is 5.56 Å². The second-order valence-electron chi connectivity index (χ2n) is 8.32. The van der Waals surface area contributed by atoms with Crippen LogP contribution in [0.2, 0.25) is 0 Å². The van der Waals surface area contributed by atoms with Gasteiger partial charge >= 0.3 is 8.17 Å². The van der Waals surface area contributed by atoms with Crippen LogP contribution in [0.5, 0.6) is 0 Å². The minimum absolute atomic E-state index is 0.00930. The third kappa shape index (κ3) is 4.85. The summed E-state index contributed by atoms with van der Waals surface area (Å²) in [6.07, 6.45) is -2.79. The second-order valence-corrected chi connectivity index (χ2v) is 9.94. The van der Waals surface area contributed by atoms with E-state index in [2.05, 4.69) is 4.62 Å². The molecule has 3 aliphatic rings. The van der Waals surface area contributed by atoms with Gasteiger partial charge in [-0.3, -0.25) is 0 Å². The summed E-state index contributed by atoms with van der Waals surface area (Å²) in [5.41, 5.74) is 0.795. The Morgan fingerprint density at radius 2 is 1.57 bits per heavy atom. The highest BCUT2D eigenvalue weighted by Crippen LogP contribution is 2.58. The molecule has 0 spiro atoms. The molecule has 2 N–H and O–H groups in total. The molecule has 4 rings (SSSR count). The van der Waals surface area contributed by atoms with Crippen molar-refractivity contribution in [2.75, 3.05) is 6.61 Å². The maximum Gasteiger partial charge on any atom is 0.629 e. The van der Waals surface area contributed by atoms with Crippen molar-refractivity contribution < 1.29 is 42.2 Å². The molecule has 0 amide bonds. The highest BCUT2D eigenvalue weighted by Gasteiger charge is 2.62. The molecule has 1 unspecified atom stereocenters. The van der Waals surface area contributed by atoms with Gasteiger partial charge in [-0.2, -0.15) is 5.90 Å². The average molecular weight is 445 g/mol. The lowest BCUT2D eigenvalue weighted by Crippen LogP contribution is -2.56. The molecule has 1 aromatic rings. The predicted molar refractivity (Wildman–Crippen MR) is 103 cm³/mol. The predicted octanol–water partition coefficient (Wildman–Crippen LogP) is 2.61. The quantitative estimate of drug-likeness (QED) is 0.499. The van der Waals surface area contributed by atoms with Crippen molar-refractivity contribution >= 4 is 8.17 Å². The van der Waals surface area contributed by atoms with Gasteiger partial charge in [-0.15, -0.1) is 9.05 Å². The summed E-state index contributed by atoms with van der Waals surface area (Å²) in [5.74, 6) is 3.52. The Labute approximate surface area is 176 Å². The van der Waals surface area contributed by atoms with Crippen LogP contribution in [0.4, 0.5) is 0 Å². The lowest BCUT2D eigenvalue weighted by molar-refractivity contribution is -0.240. The molecule has 10 nitrogen and oxygen atoms in total. The zero-order valence-corrected chi connectivity index (χ0v) is 18.3. The molecule has 6 atom stereocenters. The Morgan fingerprint density at radius 3 is 2.27 bits per heavy atom. The van der Waals surface area contributed by atoms with Gasteiger partial charge in [0, 0.05) is 0 Å². The van der Waals surface area contributed by atoms with Gasteiger partial charge in [-0.05, 0) is 33.3 Å². The van der Waals surface area contributed by atoms with Gasteiger partial charge in [0.15, 0.2) is 17.9 Å². The summed E-state index contributed by atoms with van der Waals surface area (Å²) in [6, 6.07) is 9.18. The third-order valence-electron chi connectivity index (χ3n) is 5.01. The average Bonchev–Trinajstić information content (AvgIpc) is 3.19. The van der Waals surface area contributed by atoms with E-state index >= 15 is 0 Å². The lowest BCUT2D eigenvalue weighted by Gasteiger charge is -2.36. The molecule has 1 radical (unpaired) electrons. The number of ether oxygens (including phenoxy) is 5. The summed E-state index contributed by atoms with van der Waals surface area (Å²) in [7, 11) is -4.02. The monoisotopic (exact) mass is 445 g/mol. The van der Waals surface area contributed by atoms with E-state index in [4.69, 9.17) is 38.6 Å². The van der Waals surface area contributed by atoms with E-state index in [1.54, 1.807) is 27.7 Å². The van der Waals surface area contributed by atoms with E-state index in [-0.39, 0.29) is 13.2 Å². The van der Waals surface area contributed by atoms with Gasteiger partial charge in [0.1, 0.15) is 37.6 Å². The van der Waals surface area contributed by atoms with E-state index < -0.39 is 50.5 Å². The van der Waals surface area contributed by atoms with Crippen LogP contribution in [0.15, 0.2) is 30.3 Å². The van der Waals surface area contributed by atoms with Gasteiger partial charge in [0.2, 0.25) is 0 Å². The molecule has 11 heteroatoms. The van der Waals surface area contributed by atoms with E-state index in [1.807, 2.05) is 30.3 Å². The fraction of sp³-hybridized carbons (Fsp3) is 0.684. The van der Waals surface area contributed by atoms with Crippen LogP contribution in [0.1, 0.15) is 33.3 Å². The van der Waals surface area contributed by atoms with Crippen molar-refractivity contribution in [1.29, 1.82) is 0 Å². The van der Waals surface area contributed by atoms with Crippen LogP contribution >= 0.6 is 8.17 Å². The summed E-state index contributed by atoms with van der Waals surface area (Å²) in [4.78, 5) is 12.8. The van der Waals surface area contributed by atoms with Gasteiger partial charge in [-0.1, -0.05) is 35.0 Å². The maximum atomic E-state index is 12.8. The number of hydrogen-bond donors (Lipinski definition) is 1. The van der Waals surface area contributed by atoms with Crippen LogP contribution in [0.3, 0.4) is 0 Å². The first kappa shape index (κ1) is 22.4. The molecule has 0 saturated carbocycles. The molecule has 3 aliphatic heterocycles. The second kappa shape index (κ2) is 8.31. The molecule has 3 fully saturated rings. The molecule has 3 saturated heterocycles. The van der Waals surface area contributed by atoms with Gasteiger partial charge in [0.05, 0.1) is 4.89 Å². The highest BCUT2D eigenvalue weighted by atomic mass is 31.2. The summed E-state index contributed by atoms with van der Waals surface area (Å²) in [5, 5.41) is 0. The van der Waals surface area contributed by atoms with Crippen LogP contribution < -0.4 is 5.90 Å². The molecule has 0 aliphatic carbocycles. The van der Waals surface area contributed by atoms with Crippen molar-refractivity contribution in [2.24, 2.45) is 5.90 Å². The topological polar surface area (TPSA) is 120 Å². The Morgan fingerprint density at radius 1 is 0.933 bits per heavy atom.